The van der Waals surface area contributed by atoms with E-state index in [-0.39, 0.29) is 30.1 Å². The number of nitrogen functional groups attached to an aromatic ring is 1. The van der Waals surface area contributed by atoms with Crippen molar-refractivity contribution < 1.29 is 43.1 Å². The number of aliphatic hydroxyl groups is 2. The van der Waals surface area contributed by atoms with E-state index in [4.69, 9.17) is 24.5 Å². The Morgan fingerprint density at radius 2 is 1.83 bits per heavy atom. The maximum atomic E-state index is 14.3. The molecule has 17 heteroatoms. The Morgan fingerprint density at radius 1 is 1.17 bits per heavy atom. The van der Waals surface area contributed by atoms with Gasteiger partial charge in [0.2, 0.25) is 5.60 Å². The van der Waals surface area contributed by atoms with Crippen LogP contribution in [0.5, 0.6) is 0 Å². The molecule has 1 aliphatic carbocycles. The smallest absolute Gasteiger partial charge is 0.342 e. The molecule has 2 fully saturated rings. The number of nitrogens with zero attached hydrogens (tertiary/aromatic N) is 4. The van der Waals surface area contributed by atoms with Crippen molar-refractivity contribution in [3.8, 4) is 6.07 Å². The van der Waals surface area contributed by atoms with Crippen molar-refractivity contribution >= 4 is 30.9 Å². The van der Waals surface area contributed by atoms with Gasteiger partial charge in [-0.1, -0.05) is 33.1 Å². The Kier molecular flexibility index (Phi) is 12.3. The first kappa shape index (κ1) is 36.7. The minimum atomic E-state index is -4.40. The van der Waals surface area contributed by atoms with Gasteiger partial charge in [0.05, 0.1) is 12.3 Å². The minimum absolute atomic E-state index is 0.151. The molecule has 1 aliphatic heterocycles. The molecule has 0 amide bonds. The Hall–Kier alpha value is -3.16. The fourth-order valence-electron chi connectivity index (χ4n) is 5.69. The number of carbonyl (C=O) groups is 2. The van der Waals surface area contributed by atoms with Crippen molar-refractivity contribution in [1.29, 1.82) is 5.26 Å². The van der Waals surface area contributed by atoms with Gasteiger partial charge in [-0.05, 0) is 57.6 Å². The summed E-state index contributed by atoms with van der Waals surface area (Å²) in [6.45, 7) is 6.16. The number of carbonyl (C=O) groups excluding carboxylic acids is 2. The molecule has 2 aromatic rings. The van der Waals surface area contributed by atoms with Crippen LogP contribution in [0.15, 0.2) is 18.5 Å². The molecule has 7 atom stereocenters. The van der Waals surface area contributed by atoms with Crippen molar-refractivity contribution in [3.63, 3.8) is 0 Å². The standard InChI is InChI=1S/C30H46N7O9P/c1-5-20(6-2)14-43-28(40)18(3)35-47(42,36-19(4)29(41)45-21-10-8-7-9-11-21)44-16-30(15-31)26(39)24(38)25(46-30)22-12-13-23-27(32)33-17-34-37(22)23/h12-13,17-21,24-26,38-39H,5-11,14,16H2,1-4H3,(H2,32,33,34)(H2,35,36,42)/t18-,19-,24-,25-,26-,30+,47?/m0/s1. The maximum Gasteiger partial charge on any atom is 0.342 e. The number of anilines is 1. The minimum Gasteiger partial charge on any atom is -0.464 e. The largest absolute Gasteiger partial charge is 0.464 e. The summed E-state index contributed by atoms with van der Waals surface area (Å²) in [5, 5.41) is 41.6. The normalized spacial score (nSPS) is 26.0. The van der Waals surface area contributed by atoms with Gasteiger partial charge in [-0.2, -0.15) is 10.4 Å². The van der Waals surface area contributed by atoms with Gasteiger partial charge in [0.1, 0.15) is 61.0 Å². The van der Waals surface area contributed by atoms with Crippen LogP contribution in [0.4, 0.5) is 5.82 Å². The maximum absolute atomic E-state index is 14.3. The van der Waals surface area contributed by atoms with E-state index in [9.17, 15) is 29.6 Å². The number of nitriles is 1. The number of hydrogen-bond acceptors (Lipinski definition) is 13. The molecule has 16 nitrogen and oxygen atoms in total. The highest BCUT2D eigenvalue weighted by atomic mass is 31.2. The average molecular weight is 680 g/mol. The molecule has 260 valence electrons. The number of ether oxygens (including phenoxy) is 3. The van der Waals surface area contributed by atoms with Crippen molar-refractivity contribution in [2.75, 3.05) is 18.9 Å². The number of fused-ring (bicyclic) bond motifs is 1. The van der Waals surface area contributed by atoms with Crippen LogP contribution >= 0.6 is 7.67 Å². The van der Waals surface area contributed by atoms with Crippen LogP contribution in [0.2, 0.25) is 0 Å². The van der Waals surface area contributed by atoms with Gasteiger partial charge in [0.25, 0.3) is 0 Å². The second-order valence-corrected chi connectivity index (χ2v) is 14.1. The van der Waals surface area contributed by atoms with Gasteiger partial charge < -0.3 is 34.7 Å². The van der Waals surface area contributed by atoms with Crippen LogP contribution in [-0.4, -0.2) is 86.0 Å². The molecule has 6 N–H and O–H groups in total. The van der Waals surface area contributed by atoms with Crippen LogP contribution in [0.1, 0.15) is 84.4 Å². The zero-order chi connectivity index (χ0) is 34.4. The Bertz CT molecular complexity index is 1480. The first-order valence-electron chi connectivity index (χ1n) is 16.1. The van der Waals surface area contributed by atoms with E-state index in [0.29, 0.717) is 5.52 Å². The second-order valence-electron chi connectivity index (χ2n) is 12.2. The van der Waals surface area contributed by atoms with Crippen LogP contribution in [0, 0.1) is 17.2 Å². The summed E-state index contributed by atoms with van der Waals surface area (Å²) < 4.78 is 38.4. The molecule has 47 heavy (non-hydrogen) atoms. The summed E-state index contributed by atoms with van der Waals surface area (Å²) in [5.74, 6) is -1.06. The molecule has 4 rings (SSSR count). The highest BCUT2D eigenvalue weighted by molar-refractivity contribution is 7.54. The summed E-state index contributed by atoms with van der Waals surface area (Å²) in [7, 11) is -4.40. The topological polar surface area (TPSA) is 233 Å². The van der Waals surface area contributed by atoms with E-state index in [0.717, 1.165) is 44.9 Å². The molecular formula is C30H46N7O9P. The Balaban J connectivity index is 1.53. The Morgan fingerprint density at radius 3 is 2.47 bits per heavy atom. The molecule has 2 aliphatic rings. The quantitative estimate of drug-likeness (QED) is 0.134. The third-order valence-electron chi connectivity index (χ3n) is 8.79. The number of hydrogen-bond donors (Lipinski definition) is 5. The summed E-state index contributed by atoms with van der Waals surface area (Å²) in [6.07, 6.45) is 2.21. The molecule has 0 aromatic carbocycles. The van der Waals surface area contributed by atoms with Crippen LogP contribution in [0.25, 0.3) is 5.52 Å². The number of aromatic nitrogens is 3. The summed E-state index contributed by atoms with van der Waals surface area (Å²) in [6, 6.07) is 2.66. The van der Waals surface area contributed by atoms with Crippen LogP contribution in [0.3, 0.4) is 0 Å². The summed E-state index contributed by atoms with van der Waals surface area (Å²) in [5.41, 5.74) is 4.38. The lowest BCUT2D eigenvalue weighted by Gasteiger charge is -2.30. The molecule has 0 spiro atoms. The fraction of sp³-hybridized carbons (Fsp3) is 0.700. The van der Waals surface area contributed by atoms with Gasteiger partial charge >= 0.3 is 19.6 Å². The molecule has 3 heterocycles. The third-order valence-corrected chi connectivity index (χ3v) is 10.7. The second kappa shape index (κ2) is 15.8. The summed E-state index contributed by atoms with van der Waals surface area (Å²) >= 11 is 0. The van der Waals surface area contributed by atoms with E-state index in [1.165, 1.54) is 24.7 Å². The first-order valence-corrected chi connectivity index (χ1v) is 17.7. The van der Waals surface area contributed by atoms with Gasteiger partial charge in [0, 0.05) is 0 Å². The molecule has 1 unspecified atom stereocenters. The van der Waals surface area contributed by atoms with Gasteiger partial charge in [-0.25, -0.2) is 19.7 Å². The Labute approximate surface area is 273 Å². The third kappa shape index (κ3) is 8.47. The van der Waals surface area contributed by atoms with Gasteiger partial charge in [-0.15, -0.1) is 0 Å². The number of esters is 2. The van der Waals surface area contributed by atoms with Crippen molar-refractivity contribution in [2.24, 2.45) is 5.92 Å². The SMILES string of the molecule is CCC(CC)COC(=O)[C@H](C)NP(=O)(N[C@@H](C)C(=O)OC1CCCCC1)OC[C@@]1(C#N)O[C@@H](c2ccc3c(N)ncnn23)[C@H](O)[C@@H]1O. The van der Waals surface area contributed by atoms with Crippen LogP contribution < -0.4 is 15.9 Å². The van der Waals surface area contributed by atoms with E-state index in [1.807, 2.05) is 19.9 Å². The number of nitrogens with one attached hydrogen (secondary N) is 2. The molecule has 1 saturated heterocycles. The predicted octanol–water partition coefficient (Wildman–Crippen LogP) is 2.30. The lowest BCUT2D eigenvalue weighted by molar-refractivity contribution is -0.152. The first-order chi connectivity index (χ1) is 22.4. The van der Waals surface area contributed by atoms with E-state index in [2.05, 4.69) is 20.3 Å². The zero-order valence-electron chi connectivity index (χ0n) is 27.2. The molecular weight excluding hydrogens is 633 g/mol. The predicted molar refractivity (Wildman–Crippen MR) is 168 cm³/mol. The van der Waals surface area contributed by atoms with Gasteiger partial charge in [-0.3, -0.25) is 14.2 Å². The van der Waals surface area contributed by atoms with E-state index >= 15 is 0 Å². The molecule has 1 saturated carbocycles. The number of aliphatic hydroxyl groups excluding tert-OH is 2. The van der Waals surface area contributed by atoms with Crippen molar-refractivity contribution in [1.82, 2.24) is 24.8 Å². The lowest BCUT2D eigenvalue weighted by atomic mass is 9.96. The van der Waals surface area contributed by atoms with Crippen molar-refractivity contribution in [2.45, 2.75) is 115 Å². The lowest BCUT2D eigenvalue weighted by Crippen LogP contribution is -2.48. The zero-order valence-corrected chi connectivity index (χ0v) is 28.1. The fourth-order valence-corrected chi connectivity index (χ4v) is 7.52. The monoisotopic (exact) mass is 679 g/mol. The van der Waals surface area contributed by atoms with E-state index < -0.39 is 62.2 Å². The van der Waals surface area contributed by atoms with Crippen LogP contribution in [-0.2, 0) is 32.9 Å². The van der Waals surface area contributed by atoms with Crippen molar-refractivity contribution in [3.05, 3.63) is 24.2 Å². The molecule has 0 radical (unpaired) electrons. The molecule has 2 aromatic heterocycles. The highest BCUT2D eigenvalue weighted by Gasteiger charge is 2.57. The van der Waals surface area contributed by atoms with Gasteiger partial charge in [0.15, 0.2) is 5.82 Å². The van der Waals surface area contributed by atoms with E-state index in [1.54, 1.807) is 12.1 Å². The molecule has 0 bridgehead atoms. The number of rotatable bonds is 15. The average Bonchev–Trinajstić information content (AvgIpc) is 3.60. The highest BCUT2D eigenvalue weighted by Crippen LogP contribution is 2.45. The summed E-state index contributed by atoms with van der Waals surface area (Å²) in [4.78, 5) is 29.8. The number of nitrogens with two attached hydrogens (primary N) is 1.